The maximum atomic E-state index is 10.8. The van der Waals surface area contributed by atoms with Crippen LogP contribution < -0.4 is 4.90 Å². The van der Waals surface area contributed by atoms with E-state index in [0.717, 1.165) is 38.2 Å². The second-order valence-electron chi connectivity index (χ2n) is 4.68. The Morgan fingerprint density at radius 3 is 2.58 bits per heavy atom. The Balaban J connectivity index is 2.03. The second-order valence-corrected chi connectivity index (χ2v) is 4.68. The van der Waals surface area contributed by atoms with Crippen molar-refractivity contribution in [1.82, 2.24) is 4.90 Å². The molecule has 0 aliphatic carbocycles. The summed E-state index contributed by atoms with van der Waals surface area (Å²) in [7, 11) is 0. The molecule has 1 aromatic rings. The number of nitro benzene ring substituents is 1. The maximum Gasteiger partial charge on any atom is 0.271 e. The number of non-ortho nitro benzene ring substituents is 1. The van der Waals surface area contributed by atoms with Crippen LogP contribution in [0.25, 0.3) is 0 Å². The van der Waals surface area contributed by atoms with E-state index in [2.05, 4.69) is 9.80 Å². The molecule has 19 heavy (non-hydrogen) atoms. The Bertz CT molecular complexity index is 470. The van der Waals surface area contributed by atoms with Crippen molar-refractivity contribution in [2.75, 3.05) is 31.1 Å². The van der Waals surface area contributed by atoms with Gasteiger partial charge >= 0.3 is 0 Å². The number of nitro groups is 1. The van der Waals surface area contributed by atoms with Crippen LogP contribution in [0, 0.1) is 10.1 Å². The predicted molar refractivity (Wildman–Crippen MR) is 72.4 cm³/mol. The van der Waals surface area contributed by atoms with Crippen LogP contribution in [0.3, 0.4) is 0 Å². The largest absolute Gasteiger partial charge is 0.369 e. The number of carbonyl (C=O) groups excluding carboxylic acids is 1. The zero-order valence-electron chi connectivity index (χ0n) is 10.9. The number of hydrogen-bond donors (Lipinski definition) is 0. The van der Waals surface area contributed by atoms with Gasteiger partial charge in [-0.2, -0.15) is 0 Å². The molecule has 0 bridgehead atoms. The summed E-state index contributed by atoms with van der Waals surface area (Å²) in [5.41, 5.74) is 0.980. The van der Waals surface area contributed by atoms with E-state index in [-0.39, 0.29) is 16.7 Å². The van der Waals surface area contributed by atoms with Gasteiger partial charge in [0.1, 0.15) is 6.29 Å². The monoisotopic (exact) mass is 263 g/mol. The third kappa shape index (κ3) is 3.08. The molecule has 0 N–H and O–H groups in total. The Hall–Kier alpha value is -1.95. The van der Waals surface area contributed by atoms with Crippen molar-refractivity contribution in [3.63, 3.8) is 0 Å². The zero-order chi connectivity index (χ0) is 13.8. The minimum Gasteiger partial charge on any atom is -0.369 e. The summed E-state index contributed by atoms with van der Waals surface area (Å²) >= 11 is 0. The lowest BCUT2D eigenvalue weighted by molar-refractivity contribution is -0.384. The normalized spacial score (nSPS) is 18.1. The van der Waals surface area contributed by atoms with Crippen LogP contribution >= 0.6 is 0 Å². The number of rotatable bonds is 4. The van der Waals surface area contributed by atoms with E-state index >= 15 is 0 Å². The van der Waals surface area contributed by atoms with E-state index in [0.29, 0.717) is 0 Å². The van der Waals surface area contributed by atoms with E-state index in [9.17, 15) is 14.9 Å². The van der Waals surface area contributed by atoms with Crippen LogP contribution in [0.15, 0.2) is 24.3 Å². The summed E-state index contributed by atoms with van der Waals surface area (Å²) in [5, 5.41) is 10.8. The summed E-state index contributed by atoms with van der Waals surface area (Å²) in [6.07, 6.45) is 0.947. The standard InChI is InChI=1S/C13H17N3O3/c1-11(10-17)14-5-7-15(8-6-14)12-3-2-4-13(9-12)16(18)19/h2-4,9-11H,5-8H2,1H3. The molecule has 0 radical (unpaired) electrons. The summed E-state index contributed by atoms with van der Waals surface area (Å²) in [6.45, 7) is 5.03. The number of anilines is 1. The number of nitrogens with zero attached hydrogens (tertiary/aromatic N) is 3. The van der Waals surface area contributed by atoms with Crippen LogP contribution in [0.1, 0.15) is 6.92 Å². The van der Waals surface area contributed by atoms with Gasteiger partial charge in [-0.1, -0.05) is 6.07 Å². The zero-order valence-corrected chi connectivity index (χ0v) is 10.9. The second kappa shape index (κ2) is 5.79. The predicted octanol–water partition coefficient (Wildman–Crippen LogP) is 1.30. The van der Waals surface area contributed by atoms with Gasteiger partial charge in [-0.15, -0.1) is 0 Å². The van der Waals surface area contributed by atoms with E-state index in [4.69, 9.17) is 0 Å². The molecule has 6 nitrogen and oxygen atoms in total. The van der Waals surface area contributed by atoms with Gasteiger partial charge in [0.2, 0.25) is 0 Å². The number of piperazine rings is 1. The molecule has 1 unspecified atom stereocenters. The van der Waals surface area contributed by atoms with E-state index < -0.39 is 0 Å². The van der Waals surface area contributed by atoms with Crippen molar-refractivity contribution >= 4 is 17.7 Å². The van der Waals surface area contributed by atoms with Gasteiger partial charge in [-0.05, 0) is 13.0 Å². The Morgan fingerprint density at radius 2 is 2.00 bits per heavy atom. The summed E-state index contributed by atoms with van der Waals surface area (Å²) < 4.78 is 0. The van der Waals surface area contributed by atoms with Crippen molar-refractivity contribution in [1.29, 1.82) is 0 Å². The molecule has 0 spiro atoms. The van der Waals surface area contributed by atoms with Crippen LogP contribution in [0.4, 0.5) is 11.4 Å². The van der Waals surface area contributed by atoms with Crippen LogP contribution in [0.2, 0.25) is 0 Å². The molecule has 1 saturated heterocycles. The Labute approximate surface area is 111 Å². The lowest BCUT2D eigenvalue weighted by atomic mass is 10.2. The van der Waals surface area contributed by atoms with Gasteiger partial charge in [0.25, 0.3) is 5.69 Å². The van der Waals surface area contributed by atoms with Crippen molar-refractivity contribution in [2.24, 2.45) is 0 Å². The molecule has 1 heterocycles. The van der Waals surface area contributed by atoms with Crippen LogP contribution in [-0.4, -0.2) is 48.3 Å². The van der Waals surface area contributed by atoms with Crippen molar-refractivity contribution < 1.29 is 9.72 Å². The minimum absolute atomic E-state index is 0.0627. The third-order valence-corrected chi connectivity index (χ3v) is 3.49. The smallest absolute Gasteiger partial charge is 0.271 e. The maximum absolute atomic E-state index is 10.8. The minimum atomic E-state index is -0.381. The molecular weight excluding hydrogens is 246 g/mol. The Kier molecular flexibility index (Phi) is 4.11. The van der Waals surface area contributed by atoms with Gasteiger partial charge in [-0.3, -0.25) is 15.0 Å². The fourth-order valence-electron chi connectivity index (χ4n) is 2.28. The first kappa shape index (κ1) is 13.5. The van der Waals surface area contributed by atoms with Crippen LogP contribution in [0.5, 0.6) is 0 Å². The van der Waals surface area contributed by atoms with Gasteiger partial charge in [-0.25, -0.2) is 0 Å². The molecule has 0 amide bonds. The van der Waals surface area contributed by atoms with Gasteiger partial charge < -0.3 is 9.69 Å². The van der Waals surface area contributed by atoms with Crippen LogP contribution in [-0.2, 0) is 4.79 Å². The fourth-order valence-corrected chi connectivity index (χ4v) is 2.28. The molecule has 1 aromatic carbocycles. The topological polar surface area (TPSA) is 66.7 Å². The summed E-state index contributed by atoms with van der Waals surface area (Å²) in [5.74, 6) is 0. The average molecular weight is 263 g/mol. The molecule has 1 aliphatic heterocycles. The number of benzene rings is 1. The molecule has 102 valence electrons. The van der Waals surface area contributed by atoms with Gasteiger partial charge in [0.15, 0.2) is 0 Å². The molecule has 1 fully saturated rings. The first-order valence-corrected chi connectivity index (χ1v) is 6.30. The quantitative estimate of drug-likeness (QED) is 0.465. The molecular formula is C13H17N3O3. The highest BCUT2D eigenvalue weighted by Gasteiger charge is 2.21. The molecule has 0 aromatic heterocycles. The average Bonchev–Trinajstić information content (AvgIpc) is 2.46. The third-order valence-electron chi connectivity index (χ3n) is 3.49. The molecule has 2 rings (SSSR count). The van der Waals surface area contributed by atoms with Crippen molar-refractivity contribution in [2.45, 2.75) is 13.0 Å². The molecule has 1 atom stereocenters. The first-order valence-electron chi connectivity index (χ1n) is 6.30. The highest BCUT2D eigenvalue weighted by atomic mass is 16.6. The van der Waals surface area contributed by atoms with Gasteiger partial charge in [0, 0.05) is 44.0 Å². The highest BCUT2D eigenvalue weighted by molar-refractivity contribution is 5.57. The van der Waals surface area contributed by atoms with Crippen molar-refractivity contribution in [3.8, 4) is 0 Å². The summed E-state index contributed by atoms with van der Waals surface area (Å²) in [6, 6.07) is 6.61. The van der Waals surface area contributed by atoms with E-state index in [1.165, 1.54) is 6.07 Å². The number of carbonyl (C=O) groups is 1. The van der Waals surface area contributed by atoms with E-state index in [1.807, 2.05) is 13.0 Å². The molecule has 0 saturated carbocycles. The number of hydrogen-bond acceptors (Lipinski definition) is 5. The SMILES string of the molecule is CC(C=O)N1CCN(c2cccc([N+](=O)[O-])c2)CC1. The van der Waals surface area contributed by atoms with E-state index in [1.54, 1.807) is 12.1 Å². The molecule has 6 heteroatoms. The Morgan fingerprint density at radius 1 is 1.32 bits per heavy atom. The van der Waals surface area contributed by atoms with Crippen molar-refractivity contribution in [3.05, 3.63) is 34.4 Å². The fraction of sp³-hybridized carbons (Fsp3) is 0.462. The highest BCUT2D eigenvalue weighted by Crippen LogP contribution is 2.22. The summed E-state index contributed by atoms with van der Waals surface area (Å²) in [4.78, 5) is 25.3. The molecule has 1 aliphatic rings. The van der Waals surface area contributed by atoms with Gasteiger partial charge in [0.05, 0.1) is 11.0 Å². The number of aldehydes is 1. The lowest BCUT2D eigenvalue weighted by Crippen LogP contribution is -2.50. The lowest BCUT2D eigenvalue weighted by Gasteiger charge is -2.37. The first-order chi connectivity index (χ1) is 9.11.